The molecule has 2 aliphatic carbocycles. The monoisotopic (exact) mass is 272 g/mol. The van der Waals surface area contributed by atoms with Crippen molar-refractivity contribution in [1.29, 1.82) is 0 Å². The summed E-state index contributed by atoms with van der Waals surface area (Å²) in [4.78, 5) is 0. The molecule has 0 bridgehead atoms. The highest BCUT2D eigenvalue weighted by molar-refractivity contribution is 5.88. The molecule has 0 fully saturated rings. The van der Waals surface area contributed by atoms with Crippen molar-refractivity contribution in [3.8, 4) is 0 Å². The fourth-order valence-electron chi connectivity index (χ4n) is 3.94. The van der Waals surface area contributed by atoms with Gasteiger partial charge in [0.15, 0.2) is 0 Å². The van der Waals surface area contributed by atoms with Gasteiger partial charge in [-0.05, 0) is 77.7 Å². The van der Waals surface area contributed by atoms with Crippen molar-refractivity contribution in [3.63, 3.8) is 0 Å². The first-order valence-electron chi connectivity index (χ1n) is 7.82. The summed E-state index contributed by atoms with van der Waals surface area (Å²) in [5, 5.41) is 0. The summed E-state index contributed by atoms with van der Waals surface area (Å²) in [6.45, 7) is 4.55. The normalized spacial score (nSPS) is 17.0. The van der Waals surface area contributed by atoms with Crippen LogP contribution in [-0.2, 0) is 6.42 Å². The molecule has 0 radical (unpaired) electrons. The molecular formula is C21H20. The highest BCUT2D eigenvalue weighted by atomic mass is 14.3. The molecule has 0 N–H and O–H groups in total. The van der Waals surface area contributed by atoms with Crippen LogP contribution in [0, 0.1) is 6.92 Å². The average Bonchev–Trinajstić information content (AvgIpc) is 2.89. The van der Waals surface area contributed by atoms with Crippen LogP contribution in [0.25, 0.3) is 11.1 Å². The first-order valence-corrected chi connectivity index (χ1v) is 7.82. The third-order valence-corrected chi connectivity index (χ3v) is 5.07. The maximum Gasteiger partial charge on any atom is -0.00140 e. The number of aryl methyl sites for hydroxylation is 1. The summed E-state index contributed by atoms with van der Waals surface area (Å²) in [5.41, 5.74) is 12.1. The van der Waals surface area contributed by atoms with E-state index in [1.54, 1.807) is 16.7 Å². The summed E-state index contributed by atoms with van der Waals surface area (Å²) in [6.07, 6.45) is 3.48. The first kappa shape index (κ1) is 12.6. The van der Waals surface area contributed by atoms with Gasteiger partial charge in [-0.3, -0.25) is 0 Å². The third kappa shape index (κ3) is 1.90. The smallest absolute Gasteiger partial charge is 0.00140 e. The molecule has 0 amide bonds. The van der Waals surface area contributed by atoms with Gasteiger partial charge in [0, 0.05) is 0 Å². The van der Waals surface area contributed by atoms with Gasteiger partial charge < -0.3 is 0 Å². The average molecular weight is 272 g/mol. The van der Waals surface area contributed by atoms with E-state index >= 15 is 0 Å². The van der Waals surface area contributed by atoms with Gasteiger partial charge in [-0.1, -0.05) is 48.5 Å². The number of rotatable bonds is 1. The van der Waals surface area contributed by atoms with Gasteiger partial charge in [0.25, 0.3) is 0 Å². The summed E-state index contributed by atoms with van der Waals surface area (Å²) < 4.78 is 0. The zero-order chi connectivity index (χ0) is 14.4. The first-order chi connectivity index (χ1) is 10.3. The van der Waals surface area contributed by atoms with Crippen molar-refractivity contribution in [3.05, 3.63) is 81.9 Å². The van der Waals surface area contributed by atoms with Crippen LogP contribution in [0.3, 0.4) is 0 Å². The molecule has 0 aliphatic heterocycles. The van der Waals surface area contributed by atoms with Crippen LogP contribution in [-0.4, -0.2) is 0 Å². The molecule has 0 spiro atoms. The SMILES string of the molecule is CC1=C(c2ccccc2C)CCC2=C1Cc1ccccc12. The number of hydrogen-bond donors (Lipinski definition) is 0. The van der Waals surface area contributed by atoms with Gasteiger partial charge in [0.2, 0.25) is 0 Å². The molecule has 0 unspecified atom stereocenters. The molecule has 2 aromatic rings. The van der Waals surface area contributed by atoms with Crippen LogP contribution in [0.2, 0.25) is 0 Å². The Morgan fingerprint density at radius 3 is 2.14 bits per heavy atom. The second-order valence-electron chi connectivity index (χ2n) is 6.21. The van der Waals surface area contributed by atoms with Gasteiger partial charge in [-0.15, -0.1) is 0 Å². The van der Waals surface area contributed by atoms with Gasteiger partial charge >= 0.3 is 0 Å². The Morgan fingerprint density at radius 2 is 1.33 bits per heavy atom. The molecular weight excluding hydrogens is 252 g/mol. The van der Waals surface area contributed by atoms with Crippen LogP contribution in [0.5, 0.6) is 0 Å². The van der Waals surface area contributed by atoms with Gasteiger partial charge in [0.1, 0.15) is 0 Å². The van der Waals surface area contributed by atoms with Gasteiger partial charge in [0.05, 0.1) is 0 Å². The van der Waals surface area contributed by atoms with Crippen LogP contribution in [0.4, 0.5) is 0 Å². The summed E-state index contributed by atoms with van der Waals surface area (Å²) >= 11 is 0. The molecule has 0 aromatic heterocycles. The molecule has 21 heavy (non-hydrogen) atoms. The molecule has 0 nitrogen and oxygen atoms in total. The lowest BCUT2D eigenvalue weighted by Gasteiger charge is -2.22. The number of hydrogen-bond acceptors (Lipinski definition) is 0. The summed E-state index contributed by atoms with van der Waals surface area (Å²) in [7, 11) is 0. The van der Waals surface area contributed by atoms with Crippen LogP contribution < -0.4 is 0 Å². The van der Waals surface area contributed by atoms with Crippen LogP contribution in [0.15, 0.2) is 59.7 Å². The van der Waals surface area contributed by atoms with Crippen molar-refractivity contribution >= 4 is 11.1 Å². The topological polar surface area (TPSA) is 0 Å². The highest BCUT2D eigenvalue weighted by Crippen LogP contribution is 2.46. The van der Waals surface area contributed by atoms with E-state index in [2.05, 4.69) is 62.4 Å². The number of fused-ring (bicyclic) bond motifs is 2. The van der Waals surface area contributed by atoms with Crippen LogP contribution >= 0.6 is 0 Å². The largest absolute Gasteiger partial charge is 0.0620 e. The van der Waals surface area contributed by atoms with E-state index < -0.39 is 0 Å². The van der Waals surface area contributed by atoms with E-state index in [1.807, 2.05) is 0 Å². The Kier molecular flexibility index (Phi) is 2.85. The molecule has 2 aliphatic rings. The van der Waals surface area contributed by atoms with Crippen molar-refractivity contribution < 1.29 is 0 Å². The highest BCUT2D eigenvalue weighted by Gasteiger charge is 2.27. The minimum atomic E-state index is 1.12. The molecule has 0 heteroatoms. The number of benzene rings is 2. The lowest BCUT2D eigenvalue weighted by atomic mass is 9.82. The van der Waals surface area contributed by atoms with E-state index in [1.165, 1.54) is 40.7 Å². The van der Waals surface area contributed by atoms with Crippen molar-refractivity contribution in [2.45, 2.75) is 33.1 Å². The second kappa shape index (κ2) is 4.73. The molecule has 4 rings (SSSR count). The lowest BCUT2D eigenvalue weighted by Crippen LogP contribution is -2.02. The fourth-order valence-corrected chi connectivity index (χ4v) is 3.94. The minimum absolute atomic E-state index is 1.12. The Hall–Kier alpha value is -2.08. The summed E-state index contributed by atoms with van der Waals surface area (Å²) in [6, 6.07) is 17.7. The van der Waals surface area contributed by atoms with Crippen molar-refractivity contribution in [1.82, 2.24) is 0 Å². The minimum Gasteiger partial charge on any atom is -0.0620 e. The second-order valence-corrected chi connectivity index (χ2v) is 6.21. The fraction of sp³-hybridized carbons (Fsp3) is 0.238. The molecule has 0 atom stereocenters. The zero-order valence-electron chi connectivity index (χ0n) is 12.7. The molecule has 104 valence electrons. The standard InChI is InChI=1S/C21H20/c1-14-7-3-5-9-17(14)18-11-12-20-19-10-6-4-8-16(19)13-21(20)15(18)2/h3-10H,11-13H2,1-2H3. The summed E-state index contributed by atoms with van der Waals surface area (Å²) in [5.74, 6) is 0. The quantitative estimate of drug-likeness (QED) is 0.636. The Morgan fingerprint density at radius 1 is 0.667 bits per heavy atom. The van der Waals surface area contributed by atoms with E-state index in [0.717, 1.165) is 6.42 Å². The van der Waals surface area contributed by atoms with Gasteiger partial charge in [-0.25, -0.2) is 0 Å². The Bertz CT molecular complexity index is 787. The molecule has 0 heterocycles. The third-order valence-electron chi connectivity index (χ3n) is 5.07. The van der Waals surface area contributed by atoms with E-state index in [4.69, 9.17) is 0 Å². The van der Waals surface area contributed by atoms with Gasteiger partial charge in [-0.2, -0.15) is 0 Å². The van der Waals surface area contributed by atoms with Crippen LogP contribution in [0.1, 0.15) is 42.0 Å². The zero-order valence-corrected chi connectivity index (χ0v) is 12.7. The Labute approximate surface area is 126 Å². The molecule has 0 saturated heterocycles. The number of allylic oxidation sites excluding steroid dienone is 4. The predicted molar refractivity (Wildman–Crippen MR) is 90.1 cm³/mol. The van der Waals surface area contributed by atoms with E-state index in [9.17, 15) is 0 Å². The molecule has 0 saturated carbocycles. The predicted octanol–water partition coefficient (Wildman–Crippen LogP) is 5.57. The Balaban J connectivity index is 1.85. The maximum atomic E-state index is 2.32. The van der Waals surface area contributed by atoms with Crippen molar-refractivity contribution in [2.24, 2.45) is 0 Å². The maximum absolute atomic E-state index is 2.32. The lowest BCUT2D eigenvalue weighted by molar-refractivity contribution is 1.03. The van der Waals surface area contributed by atoms with Crippen molar-refractivity contribution in [2.75, 3.05) is 0 Å². The molecule has 2 aromatic carbocycles. The van der Waals surface area contributed by atoms with E-state index in [-0.39, 0.29) is 0 Å². The van der Waals surface area contributed by atoms with E-state index in [0.29, 0.717) is 0 Å².